The van der Waals surface area contributed by atoms with Crippen molar-refractivity contribution in [2.24, 2.45) is 0 Å². The number of aliphatic hydroxyl groups excluding tert-OH is 7. The Morgan fingerprint density at radius 3 is 1.81 bits per heavy atom. The topological polar surface area (TPSA) is 199 Å². The molecule has 0 aromatic heterocycles. The Balaban J connectivity index is 2.26. The van der Waals surface area contributed by atoms with Gasteiger partial charge in [0.25, 0.3) is 0 Å². The van der Waals surface area contributed by atoms with E-state index in [2.05, 4.69) is 0 Å². The largest absolute Gasteiger partial charge is 0.394 e. The maximum atomic E-state index is 10.6. The van der Waals surface area contributed by atoms with E-state index in [9.17, 15) is 40.9 Å². The maximum absolute atomic E-state index is 10.6. The number of hydrogen-bond acceptors (Lipinski definition) is 12. The molecule has 0 aromatic rings. The van der Waals surface area contributed by atoms with Gasteiger partial charge in [0, 0.05) is 0 Å². The van der Waals surface area contributed by atoms with Crippen molar-refractivity contribution in [2.75, 3.05) is 13.2 Å². The van der Waals surface area contributed by atoms with Crippen LogP contribution >= 0.6 is 0 Å². The minimum Gasteiger partial charge on any atom is -0.394 e. The summed E-state index contributed by atoms with van der Waals surface area (Å²) < 4.78 is 22.3. The highest BCUT2D eigenvalue weighted by atomic mass is 16.8. The van der Waals surface area contributed by atoms with E-state index in [-0.39, 0.29) is 0 Å². The van der Waals surface area contributed by atoms with Crippen molar-refractivity contribution in [3.05, 3.63) is 0 Å². The van der Waals surface area contributed by atoms with Gasteiger partial charge in [0.1, 0.15) is 48.8 Å². The summed E-state index contributed by atoms with van der Waals surface area (Å²) in [7, 11) is 0. The second kappa shape index (κ2) is 11.1. The van der Waals surface area contributed by atoms with Gasteiger partial charge in [0.2, 0.25) is 0 Å². The Morgan fingerprint density at radius 2 is 1.32 bits per heavy atom. The third kappa shape index (κ3) is 6.10. The lowest BCUT2D eigenvalue weighted by Crippen LogP contribution is -2.65. The van der Waals surface area contributed by atoms with Crippen molar-refractivity contribution in [3.8, 4) is 0 Å². The monoisotopic (exact) mass is 456 g/mol. The molecule has 12 heteroatoms. The summed E-state index contributed by atoms with van der Waals surface area (Å²) in [5, 5.41) is 80.2. The van der Waals surface area contributed by atoms with Crippen LogP contribution in [0, 0.1) is 0 Å². The second-order valence-electron chi connectivity index (χ2n) is 8.57. The maximum Gasteiger partial charge on any atom is 0.187 e. The summed E-state index contributed by atoms with van der Waals surface area (Å²) >= 11 is 0. The molecule has 0 aliphatic carbocycles. The lowest BCUT2D eigenvalue weighted by Gasteiger charge is -2.47. The molecule has 0 bridgehead atoms. The lowest BCUT2D eigenvalue weighted by molar-refractivity contribution is -0.375. The first-order valence-electron chi connectivity index (χ1n) is 10.4. The van der Waals surface area contributed by atoms with E-state index in [1.807, 2.05) is 6.92 Å². The normalized spacial score (nSPS) is 43.1. The summed E-state index contributed by atoms with van der Waals surface area (Å²) in [5.74, 6) is 0. The fourth-order valence-corrected chi connectivity index (χ4v) is 3.66. The Kier molecular flexibility index (Phi) is 9.58. The van der Waals surface area contributed by atoms with Crippen LogP contribution in [-0.2, 0) is 18.9 Å². The molecule has 11 atom stereocenters. The third-order valence-corrected chi connectivity index (χ3v) is 5.60. The van der Waals surface area contributed by atoms with Crippen molar-refractivity contribution in [1.82, 2.24) is 0 Å². The van der Waals surface area contributed by atoms with Crippen LogP contribution in [-0.4, -0.2) is 127 Å². The quantitative estimate of drug-likeness (QED) is 0.171. The van der Waals surface area contributed by atoms with Gasteiger partial charge in [-0.05, 0) is 20.3 Å². The van der Waals surface area contributed by atoms with Crippen LogP contribution in [0.5, 0.6) is 0 Å². The molecule has 12 nitrogen and oxygen atoms in total. The predicted molar refractivity (Wildman–Crippen MR) is 102 cm³/mol. The molecule has 2 rings (SSSR count). The van der Waals surface area contributed by atoms with E-state index in [0.717, 1.165) is 0 Å². The minimum atomic E-state index is -1.75. The highest BCUT2D eigenvalue weighted by Gasteiger charge is 2.51. The van der Waals surface area contributed by atoms with E-state index in [4.69, 9.17) is 18.9 Å². The van der Waals surface area contributed by atoms with Crippen LogP contribution in [0.1, 0.15) is 33.6 Å². The molecule has 0 aromatic carbocycles. The number of ether oxygens (including phenoxy) is 4. The van der Waals surface area contributed by atoms with E-state index < -0.39 is 86.3 Å². The van der Waals surface area contributed by atoms with Crippen molar-refractivity contribution in [3.63, 3.8) is 0 Å². The molecule has 2 aliphatic rings. The van der Waals surface area contributed by atoms with Crippen LogP contribution in [0.3, 0.4) is 0 Å². The molecule has 0 spiro atoms. The molecule has 11 unspecified atom stereocenters. The summed E-state index contributed by atoms with van der Waals surface area (Å²) in [5.41, 5.74) is -1.30. The molecular weight excluding hydrogens is 420 g/mol. The highest BCUT2D eigenvalue weighted by Crippen LogP contribution is 2.32. The smallest absolute Gasteiger partial charge is 0.187 e. The number of aliphatic hydroxyl groups is 8. The van der Waals surface area contributed by atoms with Gasteiger partial charge in [0.15, 0.2) is 12.6 Å². The zero-order chi connectivity index (χ0) is 23.5. The molecule has 184 valence electrons. The van der Waals surface area contributed by atoms with E-state index in [1.165, 1.54) is 13.8 Å². The van der Waals surface area contributed by atoms with E-state index in [1.54, 1.807) is 0 Å². The fraction of sp³-hybridized carbons (Fsp3) is 1.00. The zero-order valence-electron chi connectivity index (χ0n) is 17.9. The predicted octanol–water partition coefficient (Wildman–Crippen LogP) is -3.43. The summed E-state index contributed by atoms with van der Waals surface area (Å²) in [6, 6.07) is 0. The molecule has 31 heavy (non-hydrogen) atoms. The van der Waals surface area contributed by atoms with Gasteiger partial charge in [-0.25, -0.2) is 0 Å². The minimum absolute atomic E-state index is 0.415. The molecular formula is C19H36O12. The van der Waals surface area contributed by atoms with Crippen LogP contribution in [0.2, 0.25) is 0 Å². The Labute approximate surface area is 180 Å². The molecule has 2 saturated heterocycles. The number of hydrogen-bond donors (Lipinski definition) is 8. The zero-order valence-corrected chi connectivity index (χ0v) is 17.9. The average molecular weight is 456 g/mol. The molecule has 2 fully saturated rings. The van der Waals surface area contributed by atoms with Crippen molar-refractivity contribution >= 4 is 0 Å². The first-order valence-corrected chi connectivity index (χ1v) is 10.4. The van der Waals surface area contributed by atoms with Gasteiger partial charge in [-0.15, -0.1) is 0 Å². The van der Waals surface area contributed by atoms with Crippen LogP contribution < -0.4 is 0 Å². The summed E-state index contributed by atoms with van der Waals surface area (Å²) in [4.78, 5) is 0. The average Bonchev–Trinajstić information content (AvgIpc) is 2.71. The van der Waals surface area contributed by atoms with Crippen LogP contribution in [0.25, 0.3) is 0 Å². The van der Waals surface area contributed by atoms with Crippen molar-refractivity contribution in [2.45, 2.75) is 107 Å². The van der Waals surface area contributed by atoms with Gasteiger partial charge in [-0.2, -0.15) is 0 Å². The van der Waals surface area contributed by atoms with E-state index >= 15 is 0 Å². The van der Waals surface area contributed by atoms with Gasteiger partial charge in [-0.1, -0.05) is 13.3 Å². The molecule has 0 radical (unpaired) electrons. The SMILES string of the molecule is CCCC(OC1OC(CO)C(O)C(O)C1OC1OC(CO)C(O)C(O)C1O)C(C)(C)O. The van der Waals surface area contributed by atoms with E-state index in [0.29, 0.717) is 12.8 Å². The molecule has 2 heterocycles. The number of rotatable bonds is 9. The first-order chi connectivity index (χ1) is 14.5. The fourth-order valence-electron chi connectivity index (χ4n) is 3.66. The molecule has 8 N–H and O–H groups in total. The van der Waals surface area contributed by atoms with Crippen LogP contribution in [0.4, 0.5) is 0 Å². The van der Waals surface area contributed by atoms with Crippen LogP contribution in [0.15, 0.2) is 0 Å². The highest BCUT2D eigenvalue weighted by molar-refractivity contribution is 4.94. The van der Waals surface area contributed by atoms with Gasteiger partial charge in [-0.3, -0.25) is 0 Å². The Morgan fingerprint density at radius 1 is 0.806 bits per heavy atom. The van der Waals surface area contributed by atoms with Gasteiger partial charge >= 0.3 is 0 Å². The molecule has 0 saturated carbocycles. The van der Waals surface area contributed by atoms with Gasteiger partial charge in [0.05, 0.1) is 24.9 Å². The summed E-state index contributed by atoms with van der Waals surface area (Å²) in [6.45, 7) is 3.62. The van der Waals surface area contributed by atoms with Crippen molar-refractivity contribution in [1.29, 1.82) is 0 Å². The Hall–Kier alpha value is -0.480. The second-order valence-corrected chi connectivity index (χ2v) is 8.57. The standard InChI is InChI=1S/C19H36O12/c1-4-5-10(19(2,3)27)30-18-16(14(25)12(23)9(7-21)29-18)31-17-15(26)13(24)11(22)8(6-20)28-17/h8-18,20-27H,4-7H2,1-3H3. The third-order valence-electron chi connectivity index (χ3n) is 5.60. The molecule has 0 amide bonds. The van der Waals surface area contributed by atoms with Gasteiger partial charge < -0.3 is 59.8 Å². The lowest BCUT2D eigenvalue weighted by atomic mass is 9.95. The first kappa shape index (κ1) is 26.8. The summed E-state index contributed by atoms with van der Waals surface area (Å²) in [6.07, 6.45) is -15.0. The Bertz CT molecular complexity index is 540. The molecule has 2 aliphatic heterocycles. The van der Waals surface area contributed by atoms with Crippen molar-refractivity contribution < 1.29 is 59.8 Å².